The SMILES string of the molecule is CCCCCCCCCCCCCCCC1OCC(OCC(C)O)CO1. The fraction of sp³-hybridized carbons (Fsp3) is 1.00. The van der Waals surface area contributed by atoms with Crippen molar-refractivity contribution in [3.8, 4) is 0 Å². The van der Waals surface area contributed by atoms with Gasteiger partial charge in [-0.25, -0.2) is 0 Å². The zero-order valence-electron chi connectivity index (χ0n) is 17.4. The monoisotopic (exact) mass is 372 g/mol. The molecule has 1 atom stereocenters. The molecule has 0 aromatic carbocycles. The lowest BCUT2D eigenvalue weighted by molar-refractivity contribution is -0.231. The Labute approximate surface area is 162 Å². The zero-order chi connectivity index (χ0) is 18.9. The first-order valence-electron chi connectivity index (χ1n) is 11.2. The van der Waals surface area contributed by atoms with E-state index in [4.69, 9.17) is 14.2 Å². The standard InChI is InChI=1S/C22H44O4/c1-3-4-5-6-7-8-9-10-11-12-13-14-15-16-22-25-18-21(19-26-22)24-17-20(2)23/h20-23H,3-19H2,1-2H3. The summed E-state index contributed by atoms with van der Waals surface area (Å²) in [5, 5.41) is 9.22. The third-order valence-electron chi connectivity index (χ3n) is 5.05. The molecule has 1 aliphatic heterocycles. The maximum atomic E-state index is 9.22. The van der Waals surface area contributed by atoms with Crippen LogP contribution < -0.4 is 0 Å². The lowest BCUT2D eigenvalue weighted by atomic mass is 10.0. The molecule has 156 valence electrons. The summed E-state index contributed by atoms with van der Waals surface area (Å²) < 4.78 is 16.9. The molecule has 0 radical (unpaired) electrons. The molecule has 1 heterocycles. The number of unbranched alkanes of at least 4 members (excludes halogenated alkanes) is 12. The van der Waals surface area contributed by atoms with E-state index in [0.717, 1.165) is 6.42 Å². The fourth-order valence-corrected chi connectivity index (χ4v) is 3.39. The van der Waals surface area contributed by atoms with Crippen LogP contribution in [-0.4, -0.2) is 43.4 Å². The first-order valence-corrected chi connectivity index (χ1v) is 11.2. The quantitative estimate of drug-likeness (QED) is 0.337. The van der Waals surface area contributed by atoms with Crippen molar-refractivity contribution in [1.82, 2.24) is 0 Å². The topological polar surface area (TPSA) is 47.9 Å². The molecule has 1 saturated heterocycles. The Morgan fingerprint density at radius 3 is 1.73 bits per heavy atom. The number of aliphatic hydroxyl groups excluding tert-OH is 1. The number of ether oxygens (including phenoxy) is 3. The minimum atomic E-state index is -0.432. The zero-order valence-corrected chi connectivity index (χ0v) is 17.4. The predicted octanol–water partition coefficient (Wildman–Crippen LogP) is 5.61. The van der Waals surface area contributed by atoms with Gasteiger partial charge in [0, 0.05) is 0 Å². The van der Waals surface area contributed by atoms with Crippen molar-refractivity contribution in [1.29, 1.82) is 0 Å². The molecule has 26 heavy (non-hydrogen) atoms. The summed E-state index contributed by atoms with van der Waals surface area (Å²) in [6, 6.07) is 0. The van der Waals surface area contributed by atoms with E-state index in [0.29, 0.717) is 19.8 Å². The first-order chi connectivity index (χ1) is 12.7. The molecule has 0 amide bonds. The van der Waals surface area contributed by atoms with E-state index in [9.17, 15) is 5.11 Å². The van der Waals surface area contributed by atoms with Crippen LogP contribution in [0.1, 0.15) is 104 Å². The van der Waals surface area contributed by atoms with Gasteiger partial charge >= 0.3 is 0 Å². The molecule has 0 aliphatic carbocycles. The second kappa shape index (κ2) is 17.0. The van der Waals surface area contributed by atoms with Gasteiger partial charge in [0.2, 0.25) is 0 Å². The normalized spacial score (nSPS) is 21.8. The summed E-state index contributed by atoms with van der Waals surface area (Å²) >= 11 is 0. The van der Waals surface area contributed by atoms with Crippen LogP contribution in [0.5, 0.6) is 0 Å². The summed E-state index contributed by atoms with van der Waals surface area (Å²) in [6.45, 7) is 5.51. The highest BCUT2D eigenvalue weighted by atomic mass is 16.7. The molecule has 4 heteroatoms. The average Bonchev–Trinajstić information content (AvgIpc) is 2.64. The van der Waals surface area contributed by atoms with Gasteiger partial charge < -0.3 is 19.3 Å². The van der Waals surface area contributed by atoms with Gasteiger partial charge in [0.1, 0.15) is 6.10 Å². The number of rotatable bonds is 17. The lowest BCUT2D eigenvalue weighted by Crippen LogP contribution is -2.38. The molecular formula is C22H44O4. The van der Waals surface area contributed by atoms with Crippen LogP contribution in [0, 0.1) is 0 Å². The van der Waals surface area contributed by atoms with Gasteiger partial charge in [-0.05, 0) is 19.8 Å². The molecule has 1 fully saturated rings. The Kier molecular flexibility index (Phi) is 15.6. The van der Waals surface area contributed by atoms with Gasteiger partial charge in [0.15, 0.2) is 6.29 Å². The van der Waals surface area contributed by atoms with Crippen molar-refractivity contribution in [3.05, 3.63) is 0 Å². The second-order valence-corrected chi connectivity index (χ2v) is 7.93. The second-order valence-electron chi connectivity index (χ2n) is 7.93. The molecule has 0 saturated carbocycles. The fourth-order valence-electron chi connectivity index (χ4n) is 3.39. The van der Waals surface area contributed by atoms with Gasteiger partial charge in [-0.15, -0.1) is 0 Å². The van der Waals surface area contributed by atoms with Gasteiger partial charge in [0.25, 0.3) is 0 Å². The molecule has 0 bridgehead atoms. The van der Waals surface area contributed by atoms with Crippen LogP contribution in [0.3, 0.4) is 0 Å². The summed E-state index contributed by atoms with van der Waals surface area (Å²) in [6.07, 6.45) is 18.4. The molecular weight excluding hydrogens is 328 g/mol. The van der Waals surface area contributed by atoms with E-state index >= 15 is 0 Å². The number of hydrogen-bond donors (Lipinski definition) is 1. The van der Waals surface area contributed by atoms with E-state index in [1.807, 2.05) is 0 Å². The number of aliphatic hydroxyl groups is 1. The summed E-state index contributed by atoms with van der Waals surface area (Å²) in [7, 11) is 0. The van der Waals surface area contributed by atoms with Crippen molar-refractivity contribution in [2.45, 2.75) is 122 Å². The molecule has 0 spiro atoms. The third-order valence-corrected chi connectivity index (χ3v) is 5.05. The van der Waals surface area contributed by atoms with Crippen LogP contribution in [0.25, 0.3) is 0 Å². The van der Waals surface area contributed by atoms with Crippen LogP contribution in [0.2, 0.25) is 0 Å². The van der Waals surface area contributed by atoms with Crippen molar-refractivity contribution in [3.63, 3.8) is 0 Å². The van der Waals surface area contributed by atoms with Gasteiger partial charge in [-0.2, -0.15) is 0 Å². The van der Waals surface area contributed by atoms with E-state index in [2.05, 4.69) is 6.92 Å². The van der Waals surface area contributed by atoms with E-state index < -0.39 is 6.10 Å². The van der Waals surface area contributed by atoms with Crippen LogP contribution in [-0.2, 0) is 14.2 Å². The Hall–Kier alpha value is -0.160. The Bertz CT molecular complexity index is 288. The van der Waals surface area contributed by atoms with Crippen LogP contribution in [0.15, 0.2) is 0 Å². The van der Waals surface area contributed by atoms with Gasteiger partial charge in [-0.3, -0.25) is 0 Å². The third kappa shape index (κ3) is 14.0. The summed E-state index contributed by atoms with van der Waals surface area (Å²) in [4.78, 5) is 0. The Morgan fingerprint density at radius 2 is 1.27 bits per heavy atom. The molecule has 0 aromatic rings. The van der Waals surface area contributed by atoms with Gasteiger partial charge in [-0.1, -0.05) is 84.0 Å². The minimum Gasteiger partial charge on any atom is -0.391 e. The average molecular weight is 373 g/mol. The lowest BCUT2D eigenvalue weighted by Gasteiger charge is -2.29. The van der Waals surface area contributed by atoms with Crippen molar-refractivity contribution >= 4 is 0 Å². The molecule has 1 aliphatic rings. The molecule has 4 nitrogen and oxygen atoms in total. The summed E-state index contributed by atoms with van der Waals surface area (Å²) in [5.41, 5.74) is 0. The maximum Gasteiger partial charge on any atom is 0.157 e. The van der Waals surface area contributed by atoms with E-state index in [-0.39, 0.29) is 12.4 Å². The van der Waals surface area contributed by atoms with Crippen molar-refractivity contribution in [2.75, 3.05) is 19.8 Å². The van der Waals surface area contributed by atoms with Crippen LogP contribution in [0.4, 0.5) is 0 Å². The Balaban J connectivity index is 1.79. The molecule has 1 N–H and O–H groups in total. The smallest absolute Gasteiger partial charge is 0.157 e. The largest absolute Gasteiger partial charge is 0.391 e. The molecule has 1 unspecified atom stereocenters. The minimum absolute atomic E-state index is 0.0347. The molecule has 1 rings (SSSR count). The van der Waals surface area contributed by atoms with Gasteiger partial charge in [0.05, 0.1) is 25.9 Å². The Morgan fingerprint density at radius 1 is 0.808 bits per heavy atom. The predicted molar refractivity (Wildman–Crippen MR) is 107 cm³/mol. The summed E-state index contributed by atoms with van der Waals surface area (Å²) in [5.74, 6) is 0. The number of hydrogen-bond acceptors (Lipinski definition) is 4. The highest BCUT2D eigenvalue weighted by Gasteiger charge is 2.22. The van der Waals surface area contributed by atoms with E-state index in [1.54, 1.807) is 6.92 Å². The maximum absolute atomic E-state index is 9.22. The first kappa shape index (κ1) is 23.9. The molecule has 0 aromatic heterocycles. The van der Waals surface area contributed by atoms with Crippen molar-refractivity contribution in [2.24, 2.45) is 0 Å². The van der Waals surface area contributed by atoms with Crippen molar-refractivity contribution < 1.29 is 19.3 Å². The van der Waals surface area contributed by atoms with E-state index in [1.165, 1.54) is 83.5 Å². The van der Waals surface area contributed by atoms with Crippen LogP contribution >= 0.6 is 0 Å². The highest BCUT2D eigenvalue weighted by Crippen LogP contribution is 2.17. The highest BCUT2D eigenvalue weighted by molar-refractivity contribution is 4.64.